The summed E-state index contributed by atoms with van der Waals surface area (Å²) < 4.78 is 37.4. The van der Waals surface area contributed by atoms with E-state index in [1.165, 1.54) is 12.1 Å². The van der Waals surface area contributed by atoms with Gasteiger partial charge in [0.2, 0.25) is 0 Å². The number of hydrogen-bond acceptors (Lipinski definition) is 2. The van der Waals surface area contributed by atoms with E-state index in [0.717, 1.165) is 12.1 Å². The summed E-state index contributed by atoms with van der Waals surface area (Å²) in [6, 6.07) is 8.25. The maximum atomic E-state index is 12.5. The van der Waals surface area contributed by atoms with E-state index in [4.69, 9.17) is 0 Å². The van der Waals surface area contributed by atoms with Crippen LogP contribution in [-0.4, -0.2) is 10.1 Å². The van der Waals surface area contributed by atoms with Crippen LogP contribution in [0.4, 0.5) is 13.2 Å². The highest BCUT2D eigenvalue weighted by Crippen LogP contribution is 2.30. The summed E-state index contributed by atoms with van der Waals surface area (Å²) in [5.41, 5.74) is -0.609. The van der Waals surface area contributed by atoms with Gasteiger partial charge < -0.3 is 5.11 Å². The Labute approximate surface area is 114 Å². The van der Waals surface area contributed by atoms with Gasteiger partial charge in [-0.2, -0.15) is 13.2 Å². The van der Waals surface area contributed by atoms with Crippen LogP contribution in [0.15, 0.2) is 48.8 Å². The fraction of sp³-hybridized carbons (Fsp3) is 0.267. The minimum absolute atomic E-state index is 0.219. The number of alkyl halides is 3. The van der Waals surface area contributed by atoms with Crippen LogP contribution >= 0.6 is 0 Å². The molecule has 0 saturated heterocycles. The summed E-state index contributed by atoms with van der Waals surface area (Å²) in [6.07, 6.45) is -0.983. The molecule has 20 heavy (non-hydrogen) atoms. The average Bonchev–Trinajstić information content (AvgIpc) is 2.39. The normalized spacial score (nSPS) is 14.8. The first-order valence-electron chi connectivity index (χ1n) is 6.08. The lowest BCUT2D eigenvalue weighted by Crippen LogP contribution is -2.24. The molecule has 2 aromatic rings. The smallest absolute Gasteiger partial charge is 0.385 e. The van der Waals surface area contributed by atoms with E-state index < -0.39 is 17.3 Å². The summed E-state index contributed by atoms with van der Waals surface area (Å²) in [5, 5.41) is 10.4. The summed E-state index contributed by atoms with van der Waals surface area (Å²) in [5.74, 6) is 0. The second kappa shape index (κ2) is 5.25. The number of rotatable bonds is 3. The lowest BCUT2D eigenvalue weighted by molar-refractivity contribution is -0.137. The highest BCUT2D eigenvalue weighted by atomic mass is 19.4. The third-order valence-corrected chi connectivity index (χ3v) is 3.11. The monoisotopic (exact) mass is 281 g/mol. The lowest BCUT2D eigenvalue weighted by atomic mass is 9.90. The molecule has 0 bridgehead atoms. The standard InChI is InChI=1S/C15H14F3NO/c1-14(20,13-3-2-8-19-10-13)9-11-4-6-12(7-5-11)15(16,17)18/h2-8,10,20H,9H2,1H3. The van der Waals surface area contributed by atoms with Gasteiger partial charge in [-0.05, 0) is 30.7 Å². The van der Waals surface area contributed by atoms with Crippen molar-refractivity contribution in [2.24, 2.45) is 0 Å². The molecule has 2 nitrogen and oxygen atoms in total. The molecule has 0 amide bonds. The van der Waals surface area contributed by atoms with Gasteiger partial charge in [0.05, 0.1) is 11.2 Å². The van der Waals surface area contributed by atoms with Crippen LogP contribution in [0.1, 0.15) is 23.6 Å². The van der Waals surface area contributed by atoms with E-state index in [1.807, 2.05) is 0 Å². The van der Waals surface area contributed by atoms with Gasteiger partial charge in [0, 0.05) is 24.4 Å². The molecule has 1 aromatic carbocycles. The fourth-order valence-electron chi connectivity index (χ4n) is 1.99. The van der Waals surface area contributed by atoms with Crippen molar-refractivity contribution in [3.8, 4) is 0 Å². The number of aliphatic hydroxyl groups is 1. The number of benzene rings is 1. The summed E-state index contributed by atoms with van der Waals surface area (Å²) >= 11 is 0. The maximum Gasteiger partial charge on any atom is 0.416 e. The molecular weight excluding hydrogens is 267 g/mol. The van der Waals surface area contributed by atoms with Gasteiger partial charge in [0.25, 0.3) is 0 Å². The Morgan fingerprint density at radius 3 is 2.20 bits per heavy atom. The van der Waals surface area contributed by atoms with Gasteiger partial charge in [-0.3, -0.25) is 4.98 Å². The molecule has 0 aliphatic rings. The number of halogens is 3. The van der Waals surface area contributed by atoms with Crippen molar-refractivity contribution in [1.82, 2.24) is 4.98 Å². The third kappa shape index (κ3) is 3.36. The zero-order valence-electron chi connectivity index (χ0n) is 10.9. The van der Waals surface area contributed by atoms with E-state index >= 15 is 0 Å². The lowest BCUT2D eigenvalue weighted by Gasteiger charge is -2.23. The first kappa shape index (κ1) is 14.5. The second-order valence-corrected chi connectivity index (χ2v) is 4.89. The Morgan fingerprint density at radius 2 is 1.70 bits per heavy atom. The molecule has 5 heteroatoms. The van der Waals surface area contributed by atoms with Gasteiger partial charge in [-0.1, -0.05) is 18.2 Å². The molecule has 1 unspecified atom stereocenters. The van der Waals surface area contributed by atoms with E-state index in [9.17, 15) is 18.3 Å². The Balaban J connectivity index is 2.18. The van der Waals surface area contributed by atoms with E-state index in [-0.39, 0.29) is 6.42 Å². The second-order valence-electron chi connectivity index (χ2n) is 4.89. The molecule has 1 heterocycles. The Hall–Kier alpha value is -1.88. The van der Waals surface area contributed by atoms with Crippen molar-refractivity contribution in [3.63, 3.8) is 0 Å². The van der Waals surface area contributed by atoms with Crippen molar-refractivity contribution in [2.75, 3.05) is 0 Å². The van der Waals surface area contributed by atoms with E-state index in [2.05, 4.69) is 4.98 Å². The SMILES string of the molecule is CC(O)(Cc1ccc(C(F)(F)F)cc1)c1cccnc1. The number of nitrogens with zero attached hydrogens (tertiary/aromatic N) is 1. The van der Waals surface area contributed by atoms with Crippen molar-refractivity contribution in [3.05, 3.63) is 65.5 Å². The van der Waals surface area contributed by atoms with Crippen molar-refractivity contribution >= 4 is 0 Å². The van der Waals surface area contributed by atoms with Crippen molar-refractivity contribution < 1.29 is 18.3 Å². The van der Waals surface area contributed by atoms with Gasteiger partial charge >= 0.3 is 6.18 Å². The van der Waals surface area contributed by atoms with Crippen LogP contribution in [0.25, 0.3) is 0 Å². The van der Waals surface area contributed by atoms with Gasteiger partial charge in [-0.15, -0.1) is 0 Å². The predicted octanol–water partition coefficient (Wildman–Crippen LogP) is 3.55. The zero-order chi connectivity index (χ0) is 14.8. The number of aromatic nitrogens is 1. The van der Waals surface area contributed by atoms with Gasteiger partial charge in [-0.25, -0.2) is 0 Å². The molecule has 0 radical (unpaired) electrons. The molecule has 0 spiro atoms. The summed E-state index contributed by atoms with van der Waals surface area (Å²) in [4.78, 5) is 3.93. The molecule has 1 atom stereocenters. The quantitative estimate of drug-likeness (QED) is 0.933. The van der Waals surface area contributed by atoms with Crippen molar-refractivity contribution in [2.45, 2.75) is 25.1 Å². The van der Waals surface area contributed by atoms with Gasteiger partial charge in [0.1, 0.15) is 0 Å². The van der Waals surface area contributed by atoms with E-state index in [1.54, 1.807) is 31.5 Å². The highest BCUT2D eigenvalue weighted by molar-refractivity contribution is 5.28. The average molecular weight is 281 g/mol. The largest absolute Gasteiger partial charge is 0.416 e. The molecule has 2 rings (SSSR count). The Bertz CT molecular complexity index is 562. The highest BCUT2D eigenvalue weighted by Gasteiger charge is 2.30. The van der Waals surface area contributed by atoms with Crippen LogP contribution in [0.3, 0.4) is 0 Å². The molecular formula is C15H14F3NO. The topological polar surface area (TPSA) is 33.1 Å². The van der Waals surface area contributed by atoms with E-state index in [0.29, 0.717) is 11.1 Å². The molecule has 1 aromatic heterocycles. The van der Waals surface area contributed by atoms with Crippen molar-refractivity contribution in [1.29, 1.82) is 0 Å². The predicted molar refractivity (Wildman–Crippen MR) is 69.0 cm³/mol. The Kier molecular flexibility index (Phi) is 3.81. The summed E-state index contributed by atoms with van der Waals surface area (Å²) in [7, 11) is 0. The first-order valence-corrected chi connectivity index (χ1v) is 6.08. The molecule has 106 valence electrons. The first-order chi connectivity index (χ1) is 9.29. The molecule has 1 N–H and O–H groups in total. The Morgan fingerprint density at radius 1 is 1.05 bits per heavy atom. The van der Waals surface area contributed by atoms with Crippen LogP contribution in [0, 0.1) is 0 Å². The van der Waals surface area contributed by atoms with Crippen LogP contribution < -0.4 is 0 Å². The third-order valence-electron chi connectivity index (χ3n) is 3.11. The minimum Gasteiger partial charge on any atom is -0.385 e. The molecule has 0 fully saturated rings. The molecule has 0 saturated carbocycles. The minimum atomic E-state index is -4.34. The van der Waals surface area contributed by atoms with Crippen LogP contribution in [0.2, 0.25) is 0 Å². The number of hydrogen-bond donors (Lipinski definition) is 1. The van der Waals surface area contributed by atoms with Gasteiger partial charge in [0.15, 0.2) is 0 Å². The molecule has 0 aliphatic heterocycles. The number of pyridine rings is 1. The molecule has 0 aliphatic carbocycles. The maximum absolute atomic E-state index is 12.5. The fourth-order valence-corrected chi connectivity index (χ4v) is 1.99. The van der Waals surface area contributed by atoms with Crippen LogP contribution in [0.5, 0.6) is 0 Å². The summed E-state index contributed by atoms with van der Waals surface area (Å²) in [6.45, 7) is 1.61. The zero-order valence-corrected chi connectivity index (χ0v) is 10.9. The van der Waals surface area contributed by atoms with Crippen LogP contribution in [-0.2, 0) is 18.2 Å².